The van der Waals surface area contributed by atoms with E-state index in [-0.39, 0.29) is 5.91 Å². The Bertz CT molecular complexity index is 1200. The molecule has 0 bridgehead atoms. The normalized spacial score (nSPS) is 10.9. The van der Waals surface area contributed by atoms with Gasteiger partial charge in [0.1, 0.15) is 0 Å². The lowest BCUT2D eigenvalue weighted by Gasteiger charge is -2.11. The number of nitrogens with zero attached hydrogens (tertiary/aromatic N) is 2. The lowest BCUT2D eigenvalue weighted by atomic mass is 9.99. The summed E-state index contributed by atoms with van der Waals surface area (Å²) in [5, 5.41) is 3.51. The number of hydrogen-bond donors (Lipinski definition) is 1. The predicted octanol–water partition coefficient (Wildman–Crippen LogP) is 6.38. The molecule has 0 aliphatic heterocycles. The fraction of sp³-hybridized carbons (Fsp3) is 0.111. The molecule has 0 fully saturated rings. The van der Waals surface area contributed by atoms with Gasteiger partial charge in [0.2, 0.25) is 0 Å². The molecule has 0 aliphatic carbocycles. The first-order valence-corrected chi connectivity index (χ1v) is 10.7. The van der Waals surface area contributed by atoms with Gasteiger partial charge in [0.05, 0.1) is 17.6 Å². The summed E-state index contributed by atoms with van der Waals surface area (Å²) in [4.78, 5) is 19.3. The number of aromatic nitrogens is 1. The number of carbonyl (C=O) groups is 1. The summed E-state index contributed by atoms with van der Waals surface area (Å²) in [6.45, 7) is 0.748. The van der Waals surface area contributed by atoms with Crippen molar-refractivity contribution in [2.24, 2.45) is 0 Å². The molecule has 0 aliphatic rings. The zero-order valence-corrected chi connectivity index (χ0v) is 18.8. The molecule has 0 spiro atoms. The maximum absolute atomic E-state index is 12.8. The van der Waals surface area contributed by atoms with Crippen molar-refractivity contribution in [3.8, 4) is 22.3 Å². The zero-order valence-electron chi connectivity index (χ0n) is 18.0. The number of halogens is 1. The van der Waals surface area contributed by atoms with Crippen molar-refractivity contribution in [1.29, 1.82) is 0 Å². The number of amides is 1. The molecule has 1 amide bonds. The van der Waals surface area contributed by atoms with Crippen LogP contribution in [0, 0.1) is 0 Å². The van der Waals surface area contributed by atoms with E-state index in [0.717, 1.165) is 34.5 Å². The Morgan fingerprint density at radius 1 is 0.875 bits per heavy atom. The van der Waals surface area contributed by atoms with Gasteiger partial charge in [0.25, 0.3) is 5.91 Å². The van der Waals surface area contributed by atoms with Crippen molar-refractivity contribution in [3.05, 3.63) is 107 Å². The van der Waals surface area contributed by atoms with E-state index in [1.54, 1.807) is 18.3 Å². The number of rotatable bonds is 6. The summed E-state index contributed by atoms with van der Waals surface area (Å²) in [5.74, 6) is -0.203. The fourth-order valence-corrected chi connectivity index (χ4v) is 3.71. The van der Waals surface area contributed by atoms with Gasteiger partial charge in [-0.15, -0.1) is 0 Å². The van der Waals surface area contributed by atoms with Crippen LogP contribution in [0.4, 0.5) is 5.69 Å². The largest absolute Gasteiger partial charge is 0.321 e. The molecule has 1 N–H and O–H groups in total. The van der Waals surface area contributed by atoms with Crippen molar-refractivity contribution in [2.75, 3.05) is 19.4 Å². The third-order valence-corrected chi connectivity index (χ3v) is 5.42. The van der Waals surface area contributed by atoms with Crippen LogP contribution in [0.25, 0.3) is 22.3 Å². The van der Waals surface area contributed by atoms with E-state index in [9.17, 15) is 4.79 Å². The van der Waals surface area contributed by atoms with Crippen LogP contribution in [0.15, 0.2) is 91.1 Å². The summed E-state index contributed by atoms with van der Waals surface area (Å²) < 4.78 is 0. The van der Waals surface area contributed by atoms with Crippen LogP contribution in [0.2, 0.25) is 5.02 Å². The standard InChI is InChI=1S/C27H24ClN3O/c1-31(2)18-24-14-13-23(17-29-24)30-27(32)22-12-15-26(28)25(16-22)21-10-8-20(9-11-21)19-6-4-3-5-7-19/h3-17H,18H2,1-2H3,(H,30,32). The average molecular weight is 442 g/mol. The molecule has 4 aromatic rings. The second kappa shape index (κ2) is 9.77. The summed E-state index contributed by atoms with van der Waals surface area (Å²) in [7, 11) is 3.98. The summed E-state index contributed by atoms with van der Waals surface area (Å²) >= 11 is 6.47. The van der Waals surface area contributed by atoms with E-state index in [2.05, 4.69) is 34.6 Å². The van der Waals surface area contributed by atoms with E-state index in [0.29, 0.717) is 16.3 Å². The number of benzene rings is 3. The Morgan fingerprint density at radius 2 is 1.56 bits per heavy atom. The van der Waals surface area contributed by atoms with Gasteiger partial charge in [-0.1, -0.05) is 66.2 Å². The van der Waals surface area contributed by atoms with E-state index in [1.165, 1.54) is 0 Å². The first-order chi connectivity index (χ1) is 15.5. The SMILES string of the molecule is CN(C)Cc1ccc(NC(=O)c2ccc(Cl)c(-c3ccc(-c4ccccc4)cc3)c2)cn1. The Morgan fingerprint density at radius 3 is 2.22 bits per heavy atom. The molecule has 32 heavy (non-hydrogen) atoms. The first-order valence-electron chi connectivity index (χ1n) is 10.4. The minimum atomic E-state index is -0.203. The highest BCUT2D eigenvalue weighted by atomic mass is 35.5. The Balaban J connectivity index is 1.52. The Hall–Kier alpha value is -3.47. The summed E-state index contributed by atoms with van der Waals surface area (Å²) in [5.41, 5.74) is 6.20. The maximum Gasteiger partial charge on any atom is 0.255 e. The van der Waals surface area contributed by atoms with Crippen LogP contribution in [0.5, 0.6) is 0 Å². The van der Waals surface area contributed by atoms with Crippen LogP contribution >= 0.6 is 11.6 Å². The van der Waals surface area contributed by atoms with Crippen LogP contribution in [0.3, 0.4) is 0 Å². The lowest BCUT2D eigenvalue weighted by Crippen LogP contribution is -2.14. The van der Waals surface area contributed by atoms with Gasteiger partial charge >= 0.3 is 0 Å². The van der Waals surface area contributed by atoms with Gasteiger partial charge in [-0.2, -0.15) is 0 Å². The van der Waals surface area contributed by atoms with Crippen LogP contribution in [-0.4, -0.2) is 29.9 Å². The molecule has 4 rings (SSSR count). The molecule has 0 saturated carbocycles. The molecule has 1 heterocycles. The van der Waals surface area contributed by atoms with Crippen molar-refractivity contribution in [3.63, 3.8) is 0 Å². The molecule has 0 saturated heterocycles. The van der Waals surface area contributed by atoms with Gasteiger partial charge in [-0.3, -0.25) is 9.78 Å². The van der Waals surface area contributed by atoms with E-state index in [4.69, 9.17) is 11.6 Å². The molecule has 3 aromatic carbocycles. The zero-order chi connectivity index (χ0) is 22.5. The van der Waals surface area contributed by atoms with Crippen LogP contribution < -0.4 is 5.32 Å². The first kappa shape index (κ1) is 21.8. The van der Waals surface area contributed by atoms with Gasteiger partial charge in [-0.25, -0.2) is 0 Å². The van der Waals surface area contributed by atoms with Gasteiger partial charge in [-0.05, 0) is 61.1 Å². The highest BCUT2D eigenvalue weighted by molar-refractivity contribution is 6.33. The summed E-state index contributed by atoms with van der Waals surface area (Å²) in [6, 6.07) is 27.5. The molecule has 5 heteroatoms. The predicted molar refractivity (Wildman–Crippen MR) is 132 cm³/mol. The minimum absolute atomic E-state index is 0.203. The van der Waals surface area contributed by atoms with Gasteiger partial charge in [0.15, 0.2) is 0 Å². The van der Waals surface area contributed by atoms with Crippen molar-refractivity contribution in [2.45, 2.75) is 6.54 Å². The minimum Gasteiger partial charge on any atom is -0.321 e. The maximum atomic E-state index is 12.8. The van der Waals surface area contributed by atoms with Gasteiger partial charge in [0, 0.05) is 22.7 Å². The van der Waals surface area contributed by atoms with Crippen molar-refractivity contribution in [1.82, 2.24) is 9.88 Å². The van der Waals surface area contributed by atoms with E-state index >= 15 is 0 Å². The second-order valence-corrected chi connectivity index (χ2v) is 8.28. The van der Waals surface area contributed by atoms with Crippen molar-refractivity contribution < 1.29 is 4.79 Å². The highest BCUT2D eigenvalue weighted by Crippen LogP contribution is 2.31. The molecule has 1 aromatic heterocycles. The van der Waals surface area contributed by atoms with Crippen LogP contribution in [0.1, 0.15) is 16.1 Å². The quantitative estimate of drug-likeness (QED) is 0.377. The molecular weight excluding hydrogens is 418 g/mol. The fourth-order valence-electron chi connectivity index (χ4n) is 3.48. The smallest absolute Gasteiger partial charge is 0.255 e. The van der Waals surface area contributed by atoms with Gasteiger partial charge < -0.3 is 10.2 Å². The van der Waals surface area contributed by atoms with E-state index < -0.39 is 0 Å². The monoisotopic (exact) mass is 441 g/mol. The lowest BCUT2D eigenvalue weighted by molar-refractivity contribution is 0.102. The van der Waals surface area contributed by atoms with Crippen LogP contribution in [-0.2, 0) is 6.54 Å². The molecule has 4 nitrogen and oxygen atoms in total. The number of hydrogen-bond acceptors (Lipinski definition) is 3. The number of carbonyl (C=O) groups excluding carboxylic acids is 1. The average Bonchev–Trinajstić information content (AvgIpc) is 2.81. The highest BCUT2D eigenvalue weighted by Gasteiger charge is 2.12. The molecule has 160 valence electrons. The summed E-state index contributed by atoms with van der Waals surface area (Å²) in [6.07, 6.45) is 1.68. The molecule has 0 atom stereocenters. The molecular formula is C27H24ClN3O. The number of pyridine rings is 1. The third-order valence-electron chi connectivity index (χ3n) is 5.09. The Kier molecular flexibility index (Phi) is 6.64. The van der Waals surface area contributed by atoms with E-state index in [1.807, 2.05) is 67.5 Å². The molecule has 0 radical (unpaired) electrons. The Labute approximate surface area is 193 Å². The molecule has 0 unspecified atom stereocenters. The number of anilines is 1. The second-order valence-electron chi connectivity index (χ2n) is 7.87. The topological polar surface area (TPSA) is 45.2 Å². The van der Waals surface area contributed by atoms with Crippen molar-refractivity contribution >= 4 is 23.2 Å². The number of nitrogens with one attached hydrogen (secondary N) is 1. The third kappa shape index (κ3) is 5.22.